The first-order chi connectivity index (χ1) is 14.5. The van der Waals surface area contributed by atoms with E-state index in [9.17, 15) is 4.79 Å². The molecule has 1 aliphatic heterocycles. The smallest absolute Gasteiger partial charge is 0.242 e. The molecule has 10 heteroatoms. The average molecular weight is 577 g/mol. The summed E-state index contributed by atoms with van der Waals surface area (Å²) in [6, 6.07) is 7.83. The third-order valence-electron chi connectivity index (χ3n) is 5.16. The Morgan fingerprint density at radius 3 is 2.42 bits per heavy atom. The molecule has 7 nitrogen and oxygen atoms in total. The Bertz CT molecular complexity index is 861. The number of carbonyl (C=O) groups excluding carboxylic acids is 1. The number of anilines is 1. The Balaban J connectivity index is 0.00000341. The molecule has 0 saturated carbocycles. The van der Waals surface area contributed by atoms with Crippen LogP contribution in [0, 0.1) is 13.8 Å². The molecule has 0 unspecified atom stereocenters. The van der Waals surface area contributed by atoms with Crippen molar-refractivity contribution in [3.05, 3.63) is 44.9 Å². The Labute approximate surface area is 210 Å². The Hall–Kier alpha value is -1.59. The number of nitrogens with one attached hydrogen (secondary N) is 2. The molecule has 1 aromatic heterocycles. The number of aryl methyl sites for hydroxylation is 2. The number of hydrogen-bond donors (Lipinski definition) is 2. The van der Waals surface area contributed by atoms with E-state index in [2.05, 4.69) is 32.4 Å². The first kappa shape index (κ1) is 25.7. The van der Waals surface area contributed by atoms with Crippen LogP contribution in [0.2, 0.25) is 5.02 Å². The zero-order valence-corrected chi connectivity index (χ0v) is 22.1. The summed E-state index contributed by atoms with van der Waals surface area (Å²) in [5.74, 6) is 0.716. The minimum atomic E-state index is 0. The van der Waals surface area contributed by atoms with Crippen LogP contribution in [0.3, 0.4) is 0 Å². The second kappa shape index (κ2) is 12.4. The SMILES string of the molecule is CN=C(NCCc1nc(C)c(C)s1)NCC(=O)N1CCN(c2ccc(Cl)cc2)CC1.I. The fourth-order valence-electron chi connectivity index (χ4n) is 3.29. The Morgan fingerprint density at radius 1 is 1.16 bits per heavy atom. The molecule has 170 valence electrons. The molecule has 0 aliphatic carbocycles. The number of piperazine rings is 1. The van der Waals surface area contributed by atoms with E-state index in [0.717, 1.165) is 47.5 Å². The molecule has 1 saturated heterocycles. The van der Waals surface area contributed by atoms with Crippen LogP contribution in [0.15, 0.2) is 29.3 Å². The van der Waals surface area contributed by atoms with Crippen LogP contribution >= 0.6 is 46.9 Å². The number of carbonyl (C=O) groups is 1. The third kappa shape index (κ3) is 7.50. The van der Waals surface area contributed by atoms with Crippen LogP contribution in [0.4, 0.5) is 5.69 Å². The van der Waals surface area contributed by atoms with Crippen molar-refractivity contribution in [3.63, 3.8) is 0 Å². The van der Waals surface area contributed by atoms with Gasteiger partial charge in [0, 0.05) is 61.8 Å². The van der Waals surface area contributed by atoms with Crippen molar-refractivity contribution in [1.82, 2.24) is 20.5 Å². The number of guanidine groups is 1. The number of amides is 1. The normalized spacial score (nSPS) is 14.3. The molecule has 1 aromatic carbocycles. The number of aromatic nitrogens is 1. The predicted octanol–water partition coefficient (Wildman–Crippen LogP) is 3.09. The summed E-state index contributed by atoms with van der Waals surface area (Å²) in [4.78, 5) is 26.8. The molecule has 2 heterocycles. The zero-order valence-electron chi connectivity index (χ0n) is 18.2. The number of benzene rings is 1. The van der Waals surface area contributed by atoms with Gasteiger partial charge in [0.05, 0.1) is 17.2 Å². The molecule has 1 fully saturated rings. The van der Waals surface area contributed by atoms with Gasteiger partial charge in [-0.15, -0.1) is 35.3 Å². The van der Waals surface area contributed by atoms with E-state index in [0.29, 0.717) is 19.0 Å². The van der Waals surface area contributed by atoms with E-state index in [4.69, 9.17) is 11.6 Å². The van der Waals surface area contributed by atoms with E-state index < -0.39 is 0 Å². The molecule has 2 aromatic rings. The van der Waals surface area contributed by atoms with Crippen molar-refractivity contribution in [3.8, 4) is 0 Å². The largest absolute Gasteiger partial charge is 0.368 e. The van der Waals surface area contributed by atoms with Gasteiger partial charge in [-0.25, -0.2) is 4.98 Å². The minimum Gasteiger partial charge on any atom is -0.368 e. The summed E-state index contributed by atoms with van der Waals surface area (Å²) >= 11 is 7.69. The molecule has 0 bridgehead atoms. The van der Waals surface area contributed by atoms with Crippen molar-refractivity contribution in [2.24, 2.45) is 4.99 Å². The van der Waals surface area contributed by atoms with Crippen LogP contribution < -0.4 is 15.5 Å². The minimum absolute atomic E-state index is 0. The van der Waals surface area contributed by atoms with Gasteiger partial charge >= 0.3 is 0 Å². The Morgan fingerprint density at radius 2 is 1.84 bits per heavy atom. The summed E-state index contributed by atoms with van der Waals surface area (Å²) in [6.45, 7) is 8.11. The van der Waals surface area contributed by atoms with E-state index in [1.807, 2.05) is 36.1 Å². The van der Waals surface area contributed by atoms with E-state index in [-0.39, 0.29) is 36.4 Å². The molecule has 0 atom stereocenters. The molecule has 31 heavy (non-hydrogen) atoms. The highest BCUT2D eigenvalue weighted by Gasteiger charge is 2.21. The lowest BCUT2D eigenvalue weighted by Gasteiger charge is -2.36. The lowest BCUT2D eigenvalue weighted by molar-refractivity contribution is -0.130. The maximum absolute atomic E-state index is 12.6. The van der Waals surface area contributed by atoms with Crippen LogP contribution in [0.5, 0.6) is 0 Å². The lowest BCUT2D eigenvalue weighted by atomic mass is 10.2. The van der Waals surface area contributed by atoms with E-state index in [1.54, 1.807) is 18.4 Å². The van der Waals surface area contributed by atoms with Gasteiger partial charge in [-0.05, 0) is 38.1 Å². The van der Waals surface area contributed by atoms with Gasteiger partial charge in [0.2, 0.25) is 5.91 Å². The molecule has 1 aliphatic rings. The van der Waals surface area contributed by atoms with Crippen LogP contribution in [-0.2, 0) is 11.2 Å². The first-order valence-electron chi connectivity index (χ1n) is 10.1. The summed E-state index contributed by atoms with van der Waals surface area (Å²) in [5.41, 5.74) is 2.24. The molecule has 0 spiro atoms. The molecule has 2 N–H and O–H groups in total. The maximum atomic E-state index is 12.6. The van der Waals surface area contributed by atoms with Crippen LogP contribution in [-0.4, -0.2) is 68.1 Å². The molecule has 3 rings (SSSR count). The van der Waals surface area contributed by atoms with Crippen molar-refractivity contribution < 1.29 is 4.79 Å². The summed E-state index contributed by atoms with van der Waals surface area (Å²) in [5, 5.41) is 8.22. The molecule has 1 amide bonds. The zero-order chi connectivity index (χ0) is 21.5. The Kier molecular flexibility index (Phi) is 10.3. The summed E-state index contributed by atoms with van der Waals surface area (Å²) in [7, 11) is 1.71. The van der Waals surface area contributed by atoms with Gasteiger partial charge in [-0.3, -0.25) is 9.79 Å². The van der Waals surface area contributed by atoms with Gasteiger partial charge in [0.25, 0.3) is 0 Å². The fraction of sp³-hybridized carbons (Fsp3) is 0.476. The number of nitrogens with zero attached hydrogens (tertiary/aromatic N) is 4. The molecular weight excluding hydrogens is 547 g/mol. The van der Waals surface area contributed by atoms with Crippen molar-refractivity contribution in [1.29, 1.82) is 0 Å². The summed E-state index contributed by atoms with van der Waals surface area (Å²) < 4.78 is 0. The van der Waals surface area contributed by atoms with Crippen molar-refractivity contribution >= 4 is 64.5 Å². The molecular formula is C21H30ClIN6OS. The number of halogens is 2. The van der Waals surface area contributed by atoms with E-state index >= 15 is 0 Å². The summed E-state index contributed by atoms with van der Waals surface area (Å²) in [6.07, 6.45) is 0.834. The van der Waals surface area contributed by atoms with Crippen molar-refractivity contribution in [2.45, 2.75) is 20.3 Å². The van der Waals surface area contributed by atoms with Gasteiger partial charge < -0.3 is 20.4 Å². The van der Waals surface area contributed by atoms with Gasteiger partial charge in [-0.1, -0.05) is 11.6 Å². The van der Waals surface area contributed by atoms with Gasteiger partial charge in [0.1, 0.15) is 0 Å². The number of aliphatic imine (C=N–C) groups is 1. The second-order valence-electron chi connectivity index (χ2n) is 7.20. The van der Waals surface area contributed by atoms with Crippen LogP contribution in [0.25, 0.3) is 0 Å². The highest BCUT2D eigenvalue weighted by molar-refractivity contribution is 14.0. The second-order valence-corrected chi connectivity index (χ2v) is 8.92. The predicted molar refractivity (Wildman–Crippen MR) is 140 cm³/mol. The topological polar surface area (TPSA) is 72.9 Å². The number of rotatable bonds is 6. The van der Waals surface area contributed by atoms with Gasteiger partial charge in [0.15, 0.2) is 5.96 Å². The highest BCUT2D eigenvalue weighted by atomic mass is 127. The number of hydrogen-bond acceptors (Lipinski definition) is 5. The fourth-order valence-corrected chi connectivity index (χ4v) is 4.35. The average Bonchev–Trinajstić information content (AvgIpc) is 3.08. The van der Waals surface area contributed by atoms with Crippen molar-refractivity contribution in [2.75, 3.05) is 51.2 Å². The maximum Gasteiger partial charge on any atom is 0.242 e. The lowest BCUT2D eigenvalue weighted by Crippen LogP contribution is -2.52. The number of thiazole rings is 1. The van der Waals surface area contributed by atoms with E-state index in [1.165, 1.54) is 4.88 Å². The highest BCUT2D eigenvalue weighted by Crippen LogP contribution is 2.19. The van der Waals surface area contributed by atoms with Gasteiger partial charge in [-0.2, -0.15) is 0 Å². The first-order valence-corrected chi connectivity index (χ1v) is 11.3. The van der Waals surface area contributed by atoms with Crippen LogP contribution in [0.1, 0.15) is 15.6 Å². The standard InChI is InChI=1S/C21H29ClN6OS.HI/c1-15-16(2)30-19(26-15)8-9-24-21(23-3)25-14-20(29)28-12-10-27(11-13-28)18-6-4-17(22)5-7-18;/h4-7H,8-14H2,1-3H3,(H2,23,24,25);1H. The quantitative estimate of drug-likeness (QED) is 0.314. The third-order valence-corrected chi connectivity index (χ3v) is 6.54. The monoisotopic (exact) mass is 576 g/mol. The molecule has 0 radical (unpaired) electrons.